The highest BCUT2D eigenvalue weighted by Crippen LogP contribution is 2.27. The first-order valence-electron chi connectivity index (χ1n) is 9.94. The van der Waals surface area contributed by atoms with Crippen molar-refractivity contribution in [3.63, 3.8) is 0 Å². The fraction of sp³-hybridized carbons (Fsp3) is 0.0800. The maximum absolute atomic E-state index is 13.0. The smallest absolute Gasteiger partial charge is 0.339 e. The van der Waals surface area contributed by atoms with E-state index in [0.29, 0.717) is 21.6 Å². The van der Waals surface area contributed by atoms with E-state index in [0.717, 1.165) is 17.2 Å². The van der Waals surface area contributed by atoms with E-state index in [9.17, 15) is 19.7 Å². The molecule has 0 atom stereocenters. The van der Waals surface area contributed by atoms with Gasteiger partial charge in [-0.3, -0.25) is 14.9 Å². The number of hydrogen-bond donors (Lipinski definition) is 0. The predicted molar refractivity (Wildman–Crippen MR) is 125 cm³/mol. The molecule has 0 aliphatic heterocycles. The Kier molecular flexibility index (Phi) is 6.15. The number of carbonyl (C=O) groups is 2. The van der Waals surface area contributed by atoms with Gasteiger partial charge in [-0.1, -0.05) is 47.5 Å². The number of benzene rings is 3. The van der Waals surface area contributed by atoms with Gasteiger partial charge in [0, 0.05) is 33.7 Å². The molecule has 0 saturated carbocycles. The summed E-state index contributed by atoms with van der Waals surface area (Å²) >= 11 is 5.98. The summed E-state index contributed by atoms with van der Waals surface area (Å²) in [5.41, 5.74) is 3.00. The Labute approximate surface area is 193 Å². The monoisotopic (exact) mass is 460 g/mol. The van der Waals surface area contributed by atoms with Crippen LogP contribution >= 0.6 is 11.6 Å². The molecule has 0 bridgehead atoms. The standard InChI is InChI=1S/C25H17ClN2O5/c1-15-5-10-22-20(11-15)21(13-23(27-22)16-6-8-18(26)9-7-16)25(30)33-14-24(29)17-3-2-4-19(12-17)28(31)32/h2-13H,14H2,1H3. The molecule has 4 aromatic rings. The molecule has 7 nitrogen and oxygen atoms in total. The molecule has 0 fully saturated rings. The van der Waals surface area contributed by atoms with E-state index in [4.69, 9.17) is 16.3 Å². The highest BCUT2D eigenvalue weighted by atomic mass is 35.5. The molecule has 33 heavy (non-hydrogen) atoms. The number of ether oxygens (including phenoxy) is 1. The van der Waals surface area contributed by atoms with Crippen LogP contribution in [0.1, 0.15) is 26.3 Å². The van der Waals surface area contributed by atoms with Gasteiger partial charge in [0.2, 0.25) is 5.78 Å². The number of nitro groups is 1. The van der Waals surface area contributed by atoms with Crippen LogP contribution in [0.5, 0.6) is 0 Å². The summed E-state index contributed by atoms with van der Waals surface area (Å²) in [6, 6.07) is 19.5. The minimum absolute atomic E-state index is 0.0919. The van der Waals surface area contributed by atoms with E-state index in [1.165, 1.54) is 18.2 Å². The maximum atomic E-state index is 13.0. The van der Waals surface area contributed by atoms with E-state index in [-0.39, 0.29) is 16.8 Å². The third-order valence-corrected chi connectivity index (χ3v) is 5.29. The van der Waals surface area contributed by atoms with Gasteiger partial charge in [-0.05, 0) is 37.3 Å². The van der Waals surface area contributed by atoms with Crippen LogP contribution in [0.4, 0.5) is 5.69 Å². The SMILES string of the molecule is Cc1ccc2nc(-c3ccc(Cl)cc3)cc(C(=O)OCC(=O)c3cccc([N+](=O)[O-])c3)c2c1. The molecule has 0 aliphatic carbocycles. The Morgan fingerprint density at radius 3 is 2.52 bits per heavy atom. The van der Waals surface area contributed by atoms with Gasteiger partial charge in [0.25, 0.3) is 5.69 Å². The quantitative estimate of drug-likeness (QED) is 0.156. The zero-order valence-corrected chi connectivity index (χ0v) is 18.2. The second-order valence-corrected chi connectivity index (χ2v) is 7.83. The zero-order chi connectivity index (χ0) is 23.5. The average molecular weight is 461 g/mol. The number of nitrogens with zero attached hydrogens (tertiary/aromatic N) is 2. The number of fused-ring (bicyclic) bond motifs is 1. The minimum atomic E-state index is -0.693. The number of halogens is 1. The number of Topliss-reactive ketones (excluding diaryl/α,β-unsaturated/α-hetero) is 1. The van der Waals surface area contributed by atoms with Crippen molar-refractivity contribution in [3.05, 3.63) is 105 Å². The van der Waals surface area contributed by atoms with Crippen LogP contribution in [0.25, 0.3) is 22.2 Å². The number of ketones is 1. The zero-order valence-electron chi connectivity index (χ0n) is 17.4. The van der Waals surface area contributed by atoms with Crippen molar-refractivity contribution >= 4 is 39.9 Å². The summed E-state index contributed by atoms with van der Waals surface area (Å²) in [7, 11) is 0. The molecule has 0 amide bonds. The molecular formula is C25H17ClN2O5. The Morgan fingerprint density at radius 2 is 1.79 bits per heavy atom. The van der Waals surface area contributed by atoms with Gasteiger partial charge in [-0.2, -0.15) is 0 Å². The summed E-state index contributed by atoms with van der Waals surface area (Å²) in [5.74, 6) is -1.23. The second-order valence-electron chi connectivity index (χ2n) is 7.39. The molecule has 164 valence electrons. The molecule has 0 N–H and O–H groups in total. The van der Waals surface area contributed by atoms with Crippen molar-refractivity contribution in [1.29, 1.82) is 0 Å². The van der Waals surface area contributed by atoms with Gasteiger partial charge in [0.05, 0.1) is 21.7 Å². The van der Waals surface area contributed by atoms with Crippen molar-refractivity contribution in [2.45, 2.75) is 6.92 Å². The molecule has 0 saturated heterocycles. The van der Waals surface area contributed by atoms with Crippen molar-refractivity contribution in [2.24, 2.45) is 0 Å². The Hall–Kier alpha value is -4.10. The Morgan fingerprint density at radius 1 is 1.03 bits per heavy atom. The van der Waals surface area contributed by atoms with Crippen molar-refractivity contribution in [1.82, 2.24) is 4.98 Å². The van der Waals surface area contributed by atoms with Gasteiger partial charge in [-0.15, -0.1) is 0 Å². The predicted octanol–water partition coefficient (Wildman–Crippen LogP) is 5.81. The number of non-ortho nitro benzene ring substituents is 1. The van der Waals surface area contributed by atoms with Crippen LogP contribution in [-0.2, 0) is 4.74 Å². The summed E-state index contributed by atoms with van der Waals surface area (Å²) < 4.78 is 5.30. The van der Waals surface area contributed by atoms with E-state index in [2.05, 4.69) is 4.98 Å². The molecule has 4 rings (SSSR count). The maximum Gasteiger partial charge on any atom is 0.339 e. The number of nitro benzene ring substituents is 1. The Balaban J connectivity index is 1.64. The van der Waals surface area contributed by atoms with Crippen molar-refractivity contribution in [3.8, 4) is 11.3 Å². The molecule has 8 heteroatoms. The fourth-order valence-corrected chi connectivity index (χ4v) is 3.49. The minimum Gasteiger partial charge on any atom is -0.454 e. The number of rotatable bonds is 6. The van der Waals surface area contributed by atoms with Crippen molar-refractivity contribution in [2.75, 3.05) is 6.61 Å². The first-order chi connectivity index (χ1) is 15.8. The highest BCUT2D eigenvalue weighted by Gasteiger charge is 2.18. The third kappa shape index (κ3) is 4.88. The summed E-state index contributed by atoms with van der Waals surface area (Å²) in [5, 5.41) is 12.1. The molecule has 0 unspecified atom stereocenters. The van der Waals surface area contributed by atoms with Gasteiger partial charge >= 0.3 is 5.97 Å². The highest BCUT2D eigenvalue weighted by molar-refractivity contribution is 6.30. The lowest BCUT2D eigenvalue weighted by molar-refractivity contribution is -0.384. The average Bonchev–Trinajstić information content (AvgIpc) is 2.82. The molecule has 0 aliphatic rings. The van der Waals surface area contributed by atoms with Crippen LogP contribution in [0.2, 0.25) is 5.02 Å². The van der Waals surface area contributed by atoms with Crippen LogP contribution in [-0.4, -0.2) is 28.3 Å². The molecule has 0 spiro atoms. The Bertz CT molecular complexity index is 1400. The van der Waals surface area contributed by atoms with E-state index in [1.807, 2.05) is 25.1 Å². The third-order valence-electron chi connectivity index (χ3n) is 5.04. The van der Waals surface area contributed by atoms with Gasteiger partial charge in [-0.25, -0.2) is 9.78 Å². The van der Waals surface area contributed by atoms with Crippen LogP contribution < -0.4 is 0 Å². The van der Waals surface area contributed by atoms with Crippen LogP contribution in [0.3, 0.4) is 0 Å². The summed E-state index contributed by atoms with van der Waals surface area (Å²) in [4.78, 5) is 40.5. The lowest BCUT2D eigenvalue weighted by Crippen LogP contribution is -2.15. The lowest BCUT2D eigenvalue weighted by Gasteiger charge is -2.11. The largest absolute Gasteiger partial charge is 0.454 e. The first kappa shape index (κ1) is 22.1. The fourth-order valence-electron chi connectivity index (χ4n) is 3.36. The number of aryl methyl sites for hydroxylation is 1. The first-order valence-corrected chi connectivity index (χ1v) is 10.3. The van der Waals surface area contributed by atoms with Crippen LogP contribution in [0.15, 0.2) is 72.8 Å². The number of esters is 1. The molecule has 3 aromatic carbocycles. The normalized spacial score (nSPS) is 10.7. The van der Waals surface area contributed by atoms with Gasteiger partial charge in [0.15, 0.2) is 6.61 Å². The summed E-state index contributed by atoms with van der Waals surface area (Å²) in [6.07, 6.45) is 0. The molecule has 1 heterocycles. The number of pyridine rings is 1. The number of aromatic nitrogens is 1. The van der Waals surface area contributed by atoms with E-state index < -0.39 is 23.3 Å². The number of hydrogen-bond acceptors (Lipinski definition) is 6. The topological polar surface area (TPSA) is 99.4 Å². The summed E-state index contributed by atoms with van der Waals surface area (Å²) in [6.45, 7) is 1.35. The van der Waals surface area contributed by atoms with Crippen molar-refractivity contribution < 1.29 is 19.2 Å². The molecular weight excluding hydrogens is 444 g/mol. The molecule has 1 aromatic heterocycles. The lowest BCUT2D eigenvalue weighted by atomic mass is 10.0. The van der Waals surface area contributed by atoms with E-state index >= 15 is 0 Å². The van der Waals surface area contributed by atoms with Gasteiger partial charge < -0.3 is 4.74 Å². The van der Waals surface area contributed by atoms with Crippen LogP contribution in [0, 0.1) is 17.0 Å². The number of carbonyl (C=O) groups excluding carboxylic acids is 2. The van der Waals surface area contributed by atoms with Gasteiger partial charge in [0.1, 0.15) is 0 Å². The molecule has 0 radical (unpaired) electrons. The second kappa shape index (κ2) is 9.18. The van der Waals surface area contributed by atoms with E-state index in [1.54, 1.807) is 30.3 Å².